The van der Waals surface area contributed by atoms with Crippen LogP contribution in [0.5, 0.6) is 0 Å². The first kappa shape index (κ1) is 20.8. The predicted molar refractivity (Wildman–Crippen MR) is 112 cm³/mol. The van der Waals surface area contributed by atoms with Gasteiger partial charge in [0.05, 0.1) is 4.90 Å². The maximum Gasteiger partial charge on any atom is 0.243 e. The van der Waals surface area contributed by atoms with Crippen LogP contribution in [-0.4, -0.2) is 63.3 Å². The Bertz CT molecular complexity index is 943. The molecule has 2 aromatic carbocycles. The number of sulfonamides is 1. The molecule has 2 atom stereocenters. The molecular formula is C21H29N3O3S. The smallest absolute Gasteiger partial charge is 0.243 e. The Morgan fingerprint density at radius 3 is 2.64 bits per heavy atom. The van der Waals surface area contributed by atoms with E-state index in [1.54, 1.807) is 12.1 Å². The van der Waals surface area contributed by atoms with Crippen molar-refractivity contribution < 1.29 is 13.2 Å². The molecule has 28 heavy (non-hydrogen) atoms. The molecule has 1 N–H and O–H groups in total. The molecule has 6 nitrogen and oxygen atoms in total. The summed E-state index contributed by atoms with van der Waals surface area (Å²) in [4.78, 5) is 15.0. The van der Waals surface area contributed by atoms with Gasteiger partial charge in [0, 0.05) is 19.6 Å². The molecule has 2 aromatic rings. The van der Waals surface area contributed by atoms with Crippen LogP contribution in [0.3, 0.4) is 0 Å². The Morgan fingerprint density at radius 2 is 1.93 bits per heavy atom. The number of carbonyl (C=O) groups excluding carboxylic acids is 1. The quantitative estimate of drug-likeness (QED) is 0.770. The number of hydrogen-bond acceptors (Lipinski definition) is 4. The Hall–Kier alpha value is -1.96. The van der Waals surface area contributed by atoms with Gasteiger partial charge in [-0.3, -0.25) is 4.79 Å². The minimum absolute atomic E-state index is 0.201. The number of rotatable bonds is 7. The molecule has 7 heteroatoms. The molecule has 0 radical (unpaired) electrons. The van der Waals surface area contributed by atoms with E-state index in [9.17, 15) is 13.2 Å². The summed E-state index contributed by atoms with van der Waals surface area (Å²) < 4.78 is 27.8. The number of fused-ring (bicyclic) bond motifs is 1. The lowest BCUT2D eigenvalue weighted by Gasteiger charge is -2.24. The van der Waals surface area contributed by atoms with Crippen LogP contribution >= 0.6 is 0 Å². The fraction of sp³-hybridized carbons (Fsp3) is 0.476. The van der Waals surface area contributed by atoms with Crippen LogP contribution in [0.2, 0.25) is 0 Å². The molecule has 0 aliphatic carbocycles. The third kappa shape index (κ3) is 4.54. The normalized spacial score (nSPS) is 19.2. The summed E-state index contributed by atoms with van der Waals surface area (Å²) in [5, 5.41) is 4.81. The van der Waals surface area contributed by atoms with Crippen LogP contribution < -0.4 is 5.32 Å². The lowest BCUT2D eigenvalue weighted by Crippen LogP contribution is -2.47. The van der Waals surface area contributed by atoms with Crippen LogP contribution in [0.1, 0.15) is 19.8 Å². The van der Waals surface area contributed by atoms with Crippen molar-refractivity contribution in [1.82, 2.24) is 14.5 Å². The van der Waals surface area contributed by atoms with Crippen LogP contribution in [0, 0.1) is 5.92 Å². The van der Waals surface area contributed by atoms with Gasteiger partial charge < -0.3 is 10.2 Å². The van der Waals surface area contributed by atoms with E-state index in [1.165, 1.54) is 4.31 Å². The molecule has 0 aromatic heterocycles. The average molecular weight is 404 g/mol. The van der Waals surface area contributed by atoms with E-state index in [0.717, 1.165) is 17.3 Å². The fourth-order valence-corrected chi connectivity index (χ4v) is 5.53. The SMILES string of the molecule is C[C@H](CNC(=O)[C@@H]1CCCN1S(=O)(=O)c1ccc2ccccc2c1)CN(C)C. The summed E-state index contributed by atoms with van der Waals surface area (Å²) in [6.45, 7) is 3.85. The lowest BCUT2D eigenvalue weighted by atomic mass is 10.1. The number of amides is 1. The number of nitrogens with zero attached hydrogens (tertiary/aromatic N) is 2. The van der Waals surface area contributed by atoms with Gasteiger partial charge in [0.15, 0.2) is 0 Å². The number of hydrogen-bond donors (Lipinski definition) is 1. The largest absolute Gasteiger partial charge is 0.354 e. The summed E-state index contributed by atoms with van der Waals surface area (Å²) in [7, 11) is 0.269. The van der Waals surface area contributed by atoms with E-state index in [0.29, 0.717) is 31.8 Å². The topological polar surface area (TPSA) is 69.7 Å². The van der Waals surface area contributed by atoms with Crippen molar-refractivity contribution in [3.8, 4) is 0 Å². The van der Waals surface area contributed by atoms with E-state index < -0.39 is 16.1 Å². The summed E-state index contributed by atoms with van der Waals surface area (Å²) in [5.74, 6) is 0.0957. The molecule has 0 spiro atoms. The maximum atomic E-state index is 13.2. The van der Waals surface area contributed by atoms with Crippen molar-refractivity contribution in [1.29, 1.82) is 0 Å². The van der Waals surface area contributed by atoms with Crippen LogP contribution in [-0.2, 0) is 14.8 Å². The monoisotopic (exact) mass is 403 g/mol. The second-order valence-corrected chi connectivity index (χ2v) is 9.79. The molecule has 0 unspecified atom stereocenters. The van der Waals surface area contributed by atoms with E-state index in [2.05, 4.69) is 17.1 Å². The van der Waals surface area contributed by atoms with Gasteiger partial charge >= 0.3 is 0 Å². The third-order valence-electron chi connectivity index (χ3n) is 5.14. The average Bonchev–Trinajstić information content (AvgIpc) is 3.16. The molecular weight excluding hydrogens is 374 g/mol. The van der Waals surface area contributed by atoms with Crippen LogP contribution in [0.15, 0.2) is 47.4 Å². The highest BCUT2D eigenvalue weighted by molar-refractivity contribution is 7.89. The zero-order valence-electron chi connectivity index (χ0n) is 16.8. The molecule has 1 saturated heterocycles. The molecule has 0 bridgehead atoms. The zero-order chi connectivity index (χ0) is 20.3. The summed E-state index contributed by atoms with van der Waals surface area (Å²) in [5.41, 5.74) is 0. The first-order valence-corrected chi connectivity index (χ1v) is 11.2. The van der Waals surface area contributed by atoms with Gasteiger partial charge in [-0.2, -0.15) is 4.31 Å². The van der Waals surface area contributed by atoms with Crippen LogP contribution in [0.4, 0.5) is 0 Å². The predicted octanol–water partition coefficient (Wildman–Crippen LogP) is 2.31. The van der Waals surface area contributed by atoms with Crippen molar-refractivity contribution in [3.63, 3.8) is 0 Å². The summed E-state index contributed by atoms with van der Waals surface area (Å²) in [6.07, 6.45) is 1.25. The molecule has 1 aliphatic heterocycles. The summed E-state index contributed by atoms with van der Waals surface area (Å²) >= 11 is 0. The Morgan fingerprint density at radius 1 is 1.21 bits per heavy atom. The highest BCUT2D eigenvalue weighted by atomic mass is 32.2. The number of benzene rings is 2. The summed E-state index contributed by atoms with van der Waals surface area (Å²) in [6, 6.07) is 12.2. The first-order chi connectivity index (χ1) is 13.3. The van der Waals surface area contributed by atoms with Crippen molar-refractivity contribution in [2.45, 2.75) is 30.7 Å². The molecule has 1 fully saturated rings. The van der Waals surface area contributed by atoms with Gasteiger partial charge in [0.2, 0.25) is 15.9 Å². The number of nitrogens with one attached hydrogen (secondary N) is 1. The van der Waals surface area contributed by atoms with E-state index in [-0.39, 0.29) is 10.8 Å². The lowest BCUT2D eigenvalue weighted by molar-refractivity contribution is -0.124. The standard InChI is InChI=1S/C21H29N3O3S/c1-16(15-23(2)3)14-22-21(25)20-9-6-12-24(20)28(26,27)19-11-10-17-7-4-5-8-18(17)13-19/h4-5,7-8,10-11,13,16,20H,6,9,12,14-15H2,1-3H3,(H,22,25)/t16-,20+/m1/s1. The number of carbonyl (C=O) groups is 1. The van der Waals surface area contributed by atoms with Gasteiger partial charge in [-0.1, -0.05) is 37.3 Å². The molecule has 1 heterocycles. The van der Waals surface area contributed by atoms with Gasteiger partial charge in [0.25, 0.3) is 0 Å². The van der Waals surface area contributed by atoms with E-state index in [1.807, 2.05) is 44.4 Å². The fourth-order valence-electron chi connectivity index (χ4n) is 3.83. The molecule has 0 saturated carbocycles. The molecule has 1 aliphatic rings. The Kier molecular flexibility index (Phi) is 6.37. The molecule has 152 valence electrons. The minimum Gasteiger partial charge on any atom is -0.354 e. The van der Waals surface area contributed by atoms with Gasteiger partial charge in [0.1, 0.15) is 6.04 Å². The van der Waals surface area contributed by atoms with E-state index >= 15 is 0 Å². The third-order valence-corrected chi connectivity index (χ3v) is 7.04. The van der Waals surface area contributed by atoms with Crippen molar-refractivity contribution in [2.75, 3.05) is 33.7 Å². The highest BCUT2D eigenvalue weighted by Gasteiger charge is 2.39. The Balaban J connectivity index is 1.75. The molecule has 3 rings (SSSR count). The second-order valence-electron chi connectivity index (χ2n) is 7.90. The highest BCUT2D eigenvalue weighted by Crippen LogP contribution is 2.28. The first-order valence-electron chi connectivity index (χ1n) is 9.72. The van der Waals surface area contributed by atoms with Gasteiger partial charge in [-0.25, -0.2) is 8.42 Å². The van der Waals surface area contributed by atoms with E-state index in [4.69, 9.17) is 0 Å². The minimum atomic E-state index is -3.72. The van der Waals surface area contributed by atoms with Gasteiger partial charge in [-0.15, -0.1) is 0 Å². The maximum absolute atomic E-state index is 13.2. The van der Waals surface area contributed by atoms with Crippen molar-refractivity contribution in [3.05, 3.63) is 42.5 Å². The second kappa shape index (κ2) is 8.59. The Labute approximate surface area is 167 Å². The molecule has 1 amide bonds. The van der Waals surface area contributed by atoms with Crippen LogP contribution in [0.25, 0.3) is 10.8 Å². The van der Waals surface area contributed by atoms with Crippen molar-refractivity contribution in [2.24, 2.45) is 5.92 Å². The zero-order valence-corrected chi connectivity index (χ0v) is 17.6. The van der Waals surface area contributed by atoms with Crippen molar-refractivity contribution >= 4 is 26.7 Å². The van der Waals surface area contributed by atoms with Gasteiger partial charge in [-0.05, 0) is 55.8 Å².